The fraction of sp³-hybridized carbons (Fsp3) is 0.0526. The fourth-order valence-corrected chi connectivity index (χ4v) is 2.33. The van der Waals surface area contributed by atoms with Crippen LogP contribution in [0.2, 0.25) is 0 Å². The van der Waals surface area contributed by atoms with Crippen LogP contribution in [0.3, 0.4) is 0 Å². The fourth-order valence-electron chi connectivity index (χ4n) is 2.33. The van der Waals surface area contributed by atoms with E-state index < -0.39 is 5.63 Å². The zero-order chi connectivity index (χ0) is 17.1. The van der Waals surface area contributed by atoms with Crippen LogP contribution in [-0.2, 0) is 4.79 Å². The van der Waals surface area contributed by atoms with Crippen LogP contribution in [0.5, 0.6) is 0 Å². The largest absolute Gasteiger partial charge is 0.423 e. The molecule has 3 aromatic rings. The second kappa shape index (κ2) is 6.50. The minimum Gasteiger partial charge on any atom is -0.423 e. The maximum atomic E-state index is 12.8. The van der Waals surface area contributed by atoms with E-state index in [0.717, 1.165) is 10.9 Å². The lowest BCUT2D eigenvalue weighted by atomic mass is 10.1. The third kappa shape index (κ3) is 3.57. The van der Waals surface area contributed by atoms with Crippen molar-refractivity contribution < 1.29 is 13.6 Å². The van der Waals surface area contributed by atoms with Crippen molar-refractivity contribution in [1.29, 1.82) is 0 Å². The Morgan fingerprint density at radius 2 is 1.88 bits per heavy atom. The third-order valence-electron chi connectivity index (χ3n) is 3.52. The van der Waals surface area contributed by atoms with Crippen molar-refractivity contribution in [1.82, 2.24) is 0 Å². The van der Waals surface area contributed by atoms with Crippen LogP contribution in [0.1, 0.15) is 11.1 Å². The Morgan fingerprint density at radius 1 is 1.12 bits per heavy atom. The summed E-state index contributed by atoms with van der Waals surface area (Å²) in [7, 11) is 0. The van der Waals surface area contributed by atoms with Crippen LogP contribution in [0.25, 0.3) is 17.0 Å². The first-order valence-electron chi connectivity index (χ1n) is 7.30. The molecule has 0 atom stereocenters. The molecule has 0 saturated heterocycles. The van der Waals surface area contributed by atoms with Crippen molar-refractivity contribution in [2.45, 2.75) is 6.92 Å². The molecule has 1 heterocycles. The zero-order valence-corrected chi connectivity index (χ0v) is 12.9. The SMILES string of the molecule is Cc1cc(=O)oc2cc(NC(=O)/C=C/c3ccc(F)cc3)ccc12. The van der Waals surface area contributed by atoms with Gasteiger partial charge in [0.1, 0.15) is 11.4 Å². The summed E-state index contributed by atoms with van der Waals surface area (Å²) in [6.07, 6.45) is 2.93. The van der Waals surface area contributed by atoms with Crippen molar-refractivity contribution in [2.75, 3.05) is 5.32 Å². The second-order valence-corrected chi connectivity index (χ2v) is 5.33. The lowest BCUT2D eigenvalue weighted by Crippen LogP contribution is -2.08. The summed E-state index contributed by atoms with van der Waals surface area (Å²) in [5.41, 5.74) is 2.03. The van der Waals surface area contributed by atoms with Gasteiger partial charge in [0.2, 0.25) is 5.91 Å². The smallest absolute Gasteiger partial charge is 0.336 e. The number of amides is 1. The molecule has 2 aromatic carbocycles. The molecule has 0 spiro atoms. The molecular formula is C19H14FNO3. The summed E-state index contributed by atoms with van der Waals surface area (Å²) in [4.78, 5) is 23.4. The summed E-state index contributed by atoms with van der Waals surface area (Å²) in [5.74, 6) is -0.668. The number of rotatable bonds is 3. The van der Waals surface area contributed by atoms with Crippen LogP contribution in [0.4, 0.5) is 10.1 Å². The first-order chi connectivity index (χ1) is 11.5. The van der Waals surface area contributed by atoms with E-state index in [9.17, 15) is 14.0 Å². The average molecular weight is 323 g/mol. The van der Waals surface area contributed by atoms with Gasteiger partial charge in [-0.05, 0) is 48.4 Å². The number of fused-ring (bicyclic) bond motifs is 1. The Morgan fingerprint density at radius 3 is 2.62 bits per heavy atom. The zero-order valence-electron chi connectivity index (χ0n) is 12.9. The van der Waals surface area contributed by atoms with Gasteiger partial charge in [0.05, 0.1) is 0 Å². The van der Waals surface area contributed by atoms with Gasteiger partial charge in [-0.1, -0.05) is 12.1 Å². The van der Waals surface area contributed by atoms with E-state index in [1.54, 1.807) is 36.4 Å². The van der Waals surface area contributed by atoms with Crippen molar-refractivity contribution in [3.8, 4) is 0 Å². The first kappa shape index (κ1) is 15.7. The van der Waals surface area contributed by atoms with E-state index in [1.807, 2.05) is 6.92 Å². The summed E-state index contributed by atoms with van der Waals surface area (Å²) < 4.78 is 18.0. The number of carbonyl (C=O) groups is 1. The van der Waals surface area contributed by atoms with Gasteiger partial charge >= 0.3 is 5.63 Å². The van der Waals surface area contributed by atoms with Gasteiger partial charge in [-0.25, -0.2) is 9.18 Å². The molecule has 0 saturated carbocycles. The predicted octanol–water partition coefficient (Wildman–Crippen LogP) is 3.89. The lowest BCUT2D eigenvalue weighted by molar-refractivity contribution is -0.111. The van der Waals surface area contributed by atoms with Crippen LogP contribution in [0.15, 0.2) is 63.8 Å². The Labute approximate surface area is 137 Å². The number of benzene rings is 2. The molecular weight excluding hydrogens is 309 g/mol. The molecule has 1 aromatic heterocycles. The Hall–Kier alpha value is -3.21. The third-order valence-corrected chi connectivity index (χ3v) is 3.52. The summed E-state index contributed by atoms with van der Waals surface area (Å²) in [6, 6.07) is 12.3. The van der Waals surface area contributed by atoms with Crippen LogP contribution >= 0.6 is 0 Å². The molecule has 5 heteroatoms. The number of anilines is 1. The van der Waals surface area contributed by atoms with Gasteiger partial charge < -0.3 is 9.73 Å². The van der Waals surface area contributed by atoms with E-state index in [4.69, 9.17) is 4.42 Å². The first-order valence-corrected chi connectivity index (χ1v) is 7.30. The summed E-state index contributed by atoms with van der Waals surface area (Å²) in [5, 5.41) is 3.51. The summed E-state index contributed by atoms with van der Waals surface area (Å²) >= 11 is 0. The van der Waals surface area contributed by atoms with Crippen LogP contribution in [0, 0.1) is 12.7 Å². The number of hydrogen-bond donors (Lipinski definition) is 1. The Bertz CT molecular complexity index is 988. The molecule has 24 heavy (non-hydrogen) atoms. The van der Waals surface area contributed by atoms with Crippen molar-refractivity contribution >= 4 is 28.6 Å². The quantitative estimate of drug-likeness (QED) is 0.587. The molecule has 0 unspecified atom stereocenters. The minimum atomic E-state index is -0.431. The average Bonchev–Trinajstić information content (AvgIpc) is 2.54. The molecule has 120 valence electrons. The maximum Gasteiger partial charge on any atom is 0.336 e. The van der Waals surface area contributed by atoms with Crippen LogP contribution in [-0.4, -0.2) is 5.91 Å². The van der Waals surface area contributed by atoms with Gasteiger partial charge in [0.25, 0.3) is 0 Å². The van der Waals surface area contributed by atoms with Crippen molar-refractivity contribution in [3.05, 3.63) is 82.0 Å². The molecule has 0 aliphatic rings. The topological polar surface area (TPSA) is 59.3 Å². The molecule has 0 aliphatic carbocycles. The lowest BCUT2D eigenvalue weighted by Gasteiger charge is -2.05. The van der Waals surface area contributed by atoms with Gasteiger partial charge in [0, 0.05) is 29.3 Å². The number of nitrogens with one attached hydrogen (secondary N) is 1. The number of hydrogen-bond acceptors (Lipinski definition) is 3. The van der Waals surface area contributed by atoms with E-state index >= 15 is 0 Å². The highest BCUT2D eigenvalue weighted by atomic mass is 19.1. The number of aryl methyl sites for hydroxylation is 1. The van der Waals surface area contributed by atoms with Crippen LogP contribution < -0.4 is 10.9 Å². The molecule has 1 amide bonds. The summed E-state index contributed by atoms with van der Waals surface area (Å²) in [6.45, 7) is 1.82. The van der Waals surface area contributed by atoms with E-state index in [1.165, 1.54) is 24.3 Å². The normalized spacial score (nSPS) is 11.1. The molecule has 0 aliphatic heterocycles. The van der Waals surface area contributed by atoms with Gasteiger partial charge in [-0.15, -0.1) is 0 Å². The molecule has 0 bridgehead atoms. The molecule has 4 nitrogen and oxygen atoms in total. The Balaban J connectivity index is 1.77. The van der Waals surface area contributed by atoms with E-state index in [2.05, 4.69) is 5.32 Å². The molecule has 0 fully saturated rings. The molecule has 1 N–H and O–H groups in total. The van der Waals surface area contributed by atoms with Crippen molar-refractivity contribution in [3.63, 3.8) is 0 Å². The van der Waals surface area contributed by atoms with E-state index in [0.29, 0.717) is 16.8 Å². The monoisotopic (exact) mass is 323 g/mol. The number of carbonyl (C=O) groups excluding carboxylic acids is 1. The van der Waals surface area contributed by atoms with Gasteiger partial charge in [0.15, 0.2) is 0 Å². The molecule has 0 radical (unpaired) electrons. The highest BCUT2D eigenvalue weighted by Crippen LogP contribution is 2.20. The second-order valence-electron chi connectivity index (χ2n) is 5.33. The number of halogens is 1. The van der Waals surface area contributed by atoms with Crippen molar-refractivity contribution in [2.24, 2.45) is 0 Å². The van der Waals surface area contributed by atoms with Gasteiger partial charge in [-0.3, -0.25) is 4.79 Å². The Kier molecular flexibility index (Phi) is 4.24. The highest BCUT2D eigenvalue weighted by molar-refractivity contribution is 6.02. The molecule has 3 rings (SSSR count). The standard InChI is InChI=1S/C19H14FNO3/c1-12-10-19(23)24-17-11-15(7-8-16(12)17)21-18(22)9-4-13-2-5-14(20)6-3-13/h2-11H,1H3,(H,21,22)/b9-4+. The maximum absolute atomic E-state index is 12.8. The van der Waals surface area contributed by atoms with E-state index in [-0.39, 0.29) is 11.7 Å². The highest BCUT2D eigenvalue weighted by Gasteiger charge is 2.05. The predicted molar refractivity (Wildman–Crippen MR) is 91.3 cm³/mol. The van der Waals surface area contributed by atoms with Gasteiger partial charge in [-0.2, -0.15) is 0 Å². The minimum absolute atomic E-state index is 0.329.